The van der Waals surface area contributed by atoms with E-state index in [4.69, 9.17) is 4.98 Å². The molecule has 6 heteroatoms. The number of rotatable bonds is 5. The van der Waals surface area contributed by atoms with Crippen LogP contribution in [0.4, 0.5) is 17.5 Å². The van der Waals surface area contributed by atoms with Gasteiger partial charge in [0.2, 0.25) is 0 Å². The summed E-state index contributed by atoms with van der Waals surface area (Å²) in [6, 6.07) is 10.9. The van der Waals surface area contributed by atoms with Gasteiger partial charge in [-0.05, 0) is 87.4 Å². The summed E-state index contributed by atoms with van der Waals surface area (Å²) in [5.41, 5.74) is 3.07. The number of allylic oxidation sites excluding steroid dienone is 1. The van der Waals surface area contributed by atoms with E-state index in [0.29, 0.717) is 17.3 Å². The molecule has 0 unspecified atom stereocenters. The minimum Gasteiger partial charge on any atom is -0.331 e. The molecule has 1 saturated carbocycles. The van der Waals surface area contributed by atoms with Gasteiger partial charge in [0.1, 0.15) is 17.5 Å². The lowest BCUT2D eigenvalue weighted by Crippen LogP contribution is -2.44. The second-order valence-electron chi connectivity index (χ2n) is 9.03. The topological polar surface area (TPSA) is 68.1 Å². The number of nitriles is 1. The predicted octanol–water partition coefficient (Wildman–Crippen LogP) is 4.94. The first-order chi connectivity index (χ1) is 15.2. The van der Waals surface area contributed by atoms with Gasteiger partial charge in [0, 0.05) is 24.5 Å². The zero-order chi connectivity index (χ0) is 21.2. The Morgan fingerprint density at radius 2 is 1.87 bits per heavy atom. The Kier molecular flexibility index (Phi) is 5.61. The van der Waals surface area contributed by atoms with Gasteiger partial charge >= 0.3 is 0 Å². The summed E-state index contributed by atoms with van der Waals surface area (Å²) < 4.78 is 0. The molecule has 2 aliphatic heterocycles. The Hall–Kier alpha value is -2.91. The van der Waals surface area contributed by atoms with Crippen LogP contribution in [0.15, 0.2) is 42.7 Å². The maximum absolute atomic E-state index is 9.20. The van der Waals surface area contributed by atoms with Gasteiger partial charge in [-0.15, -0.1) is 0 Å². The van der Waals surface area contributed by atoms with Gasteiger partial charge in [0.15, 0.2) is 0 Å². The second kappa shape index (κ2) is 8.68. The highest BCUT2D eigenvalue weighted by Crippen LogP contribution is 2.36. The quantitative estimate of drug-likeness (QED) is 0.748. The molecule has 0 bridgehead atoms. The summed E-state index contributed by atoms with van der Waals surface area (Å²) in [4.78, 5) is 14.2. The van der Waals surface area contributed by atoms with E-state index >= 15 is 0 Å². The molecule has 2 aromatic rings. The third-order valence-electron chi connectivity index (χ3n) is 7.08. The third-order valence-corrected chi connectivity index (χ3v) is 7.08. The molecule has 0 atom stereocenters. The van der Waals surface area contributed by atoms with E-state index in [1.165, 1.54) is 50.8 Å². The van der Waals surface area contributed by atoms with Crippen molar-refractivity contribution in [3.63, 3.8) is 0 Å². The lowest BCUT2D eigenvalue weighted by molar-refractivity contribution is 0.0975. The first kappa shape index (κ1) is 20.0. The molecule has 0 amide bonds. The maximum Gasteiger partial charge on any atom is 0.135 e. The summed E-state index contributed by atoms with van der Waals surface area (Å²) in [5.74, 6) is 2.96. The van der Waals surface area contributed by atoms with Crippen molar-refractivity contribution in [2.24, 2.45) is 0 Å². The standard InChI is InChI=1S/C25H30N6/c1-18-4-3-11-31(18)25-16-21(20-8-12-30(13-9-20)22-5-2-6-22)15-24(29-25)28-23-14-19(17-26)7-10-27-23/h7,10,14-16,20,22H,1-6,8-9,11-13H2,(H,27,28,29). The molecule has 3 aliphatic rings. The largest absolute Gasteiger partial charge is 0.331 e. The molecule has 160 valence electrons. The van der Waals surface area contributed by atoms with E-state index < -0.39 is 0 Å². The number of piperidine rings is 1. The zero-order valence-electron chi connectivity index (χ0n) is 18.1. The summed E-state index contributed by atoms with van der Waals surface area (Å²) in [7, 11) is 0. The van der Waals surface area contributed by atoms with Gasteiger partial charge in [-0.3, -0.25) is 0 Å². The number of hydrogen-bond acceptors (Lipinski definition) is 6. The highest BCUT2D eigenvalue weighted by Gasteiger charge is 2.30. The average Bonchev–Trinajstić information content (AvgIpc) is 3.19. The minimum absolute atomic E-state index is 0.549. The predicted molar refractivity (Wildman–Crippen MR) is 123 cm³/mol. The normalized spacial score (nSPS) is 20.5. The number of likely N-dealkylation sites (tertiary alicyclic amines) is 1. The Labute approximate surface area is 184 Å². The fourth-order valence-corrected chi connectivity index (χ4v) is 5.03. The van der Waals surface area contributed by atoms with Crippen LogP contribution in [0.3, 0.4) is 0 Å². The van der Waals surface area contributed by atoms with Gasteiger partial charge in [0.05, 0.1) is 11.6 Å². The van der Waals surface area contributed by atoms with Crippen molar-refractivity contribution in [2.45, 2.75) is 56.9 Å². The van der Waals surface area contributed by atoms with Crippen LogP contribution < -0.4 is 10.2 Å². The number of anilines is 3. The molecular formula is C25H30N6. The van der Waals surface area contributed by atoms with E-state index in [1.807, 2.05) is 0 Å². The summed E-state index contributed by atoms with van der Waals surface area (Å²) >= 11 is 0. The van der Waals surface area contributed by atoms with E-state index in [2.05, 4.69) is 44.9 Å². The van der Waals surface area contributed by atoms with Gasteiger partial charge in [-0.1, -0.05) is 13.0 Å². The van der Waals surface area contributed by atoms with Crippen LogP contribution in [-0.2, 0) is 0 Å². The number of hydrogen-bond donors (Lipinski definition) is 1. The highest BCUT2D eigenvalue weighted by atomic mass is 15.2. The van der Waals surface area contributed by atoms with Crippen molar-refractivity contribution in [1.29, 1.82) is 5.26 Å². The smallest absolute Gasteiger partial charge is 0.135 e. The van der Waals surface area contributed by atoms with E-state index in [-0.39, 0.29) is 0 Å². The number of pyridine rings is 2. The lowest BCUT2D eigenvalue weighted by atomic mass is 9.85. The van der Waals surface area contributed by atoms with Gasteiger partial charge < -0.3 is 15.1 Å². The summed E-state index contributed by atoms with van der Waals surface area (Å²) in [6.07, 6.45) is 10.4. The molecule has 1 N–H and O–H groups in total. The van der Waals surface area contributed by atoms with Crippen molar-refractivity contribution >= 4 is 17.5 Å². The fraction of sp³-hybridized carbons (Fsp3) is 0.480. The Morgan fingerprint density at radius 1 is 1.03 bits per heavy atom. The first-order valence-corrected chi connectivity index (χ1v) is 11.5. The zero-order valence-corrected chi connectivity index (χ0v) is 18.1. The fourth-order valence-electron chi connectivity index (χ4n) is 5.03. The van der Waals surface area contributed by atoms with Crippen molar-refractivity contribution < 1.29 is 0 Å². The Balaban J connectivity index is 1.40. The molecule has 2 aromatic heterocycles. The maximum atomic E-state index is 9.20. The van der Waals surface area contributed by atoms with Crippen LogP contribution in [0.25, 0.3) is 0 Å². The molecule has 2 saturated heterocycles. The van der Waals surface area contributed by atoms with Crippen molar-refractivity contribution in [2.75, 3.05) is 29.9 Å². The number of nitrogens with zero attached hydrogens (tertiary/aromatic N) is 5. The second-order valence-corrected chi connectivity index (χ2v) is 9.03. The Bertz CT molecular complexity index is 997. The Morgan fingerprint density at radius 3 is 2.55 bits per heavy atom. The van der Waals surface area contributed by atoms with Crippen LogP contribution in [0.2, 0.25) is 0 Å². The molecule has 5 rings (SSSR count). The van der Waals surface area contributed by atoms with Crippen LogP contribution in [0.1, 0.15) is 62.0 Å². The lowest BCUT2D eigenvalue weighted by Gasteiger charge is -2.42. The minimum atomic E-state index is 0.549. The van der Waals surface area contributed by atoms with E-state index in [1.54, 1.807) is 18.3 Å². The number of aromatic nitrogens is 2. The average molecular weight is 415 g/mol. The molecule has 31 heavy (non-hydrogen) atoms. The van der Waals surface area contributed by atoms with Gasteiger partial charge in [0.25, 0.3) is 0 Å². The van der Waals surface area contributed by atoms with Crippen LogP contribution in [0.5, 0.6) is 0 Å². The molecular weight excluding hydrogens is 384 g/mol. The molecule has 0 aromatic carbocycles. The monoisotopic (exact) mass is 414 g/mol. The van der Waals surface area contributed by atoms with Crippen LogP contribution in [0, 0.1) is 11.3 Å². The number of nitrogens with one attached hydrogen (secondary N) is 1. The molecule has 1 aliphatic carbocycles. The van der Waals surface area contributed by atoms with Crippen molar-refractivity contribution in [1.82, 2.24) is 14.9 Å². The molecule has 3 fully saturated rings. The highest BCUT2D eigenvalue weighted by molar-refractivity contribution is 5.60. The summed E-state index contributed by atoms with van der Waals surface area (Å²) in [6.45, 7) is 7.60. The third kappa shape index (κ3) is 4.28. The van der Waals surface area contributed by atoms with E-state index in [0.717, 1.165) is 42.8 Å². The van der Waals surface area contributed by atoms with Crippen LogP contribution in [-0.4, -0.2) is 40.5 Å². The molecule has 0 radical (unpaired) electrons. The van der Waals surface area contributed by atoms with E-state index in [9.17, 15) is 5.26 Å². The van der Waals surface area contributed by atoms with Crippen molar-refractivity contribution in [3.8, 4) is 6.07 Å². The summed E-state index contributed by atoms with van der Waals surface area (Å²) in [5, 5.41) is 12.5. The van der Waals surface area contributed by atoms with Gasteiger partial charge in [-0.25, -0.2) is 9.97 Å². The first-order valence-electron chi connectivity index (χ1n) is 11.5. The molecule has 6 nitrogen and oxygen atoms in total. The van der Waals surface area contributed by atoms with Gasteiger partial charge in [-0.2, -0.15) is 5.26 Å². The van der Waals surface area contributed by atoms with Crippen LogP contribution >= 0.6 is 0 Å². The molecule has 4 heterocycles. The molecule has 0 spiro atoms. The SMILES string of the molecule is C=C1CCCN1c1cc(C2CCN(C3CCC3)CC2)cc(Nc2cc(C#N)ccn2)n1. The van der Waals surface area contributed by atoms with Crippen molar-refractivity contribution in [3.05, 3.63) is 53.9 Å².